The van der Waals surface area contributed by atoms with Crippen LogP contribution < -0.4 is 25.2 Å². The van der Waals surface area contributed by atoms with Crippen molar-refractivity contribution in [1.29, 1.82) is 0 Å². The highest BCUT2D eigenvalue weighted by Gasteiger charge is 2.41. The van der Waals surface area contributed by atoms with Gasteiger partial charge in [0, 0.05) is 25.4 Å². The fourth-order valence-electron chi connectivity index (χ4n) is 4.77. The number of hydrogen-bond donors (Lipinski definition) is 3. The lowest BCUT2D eigenvalue weighted by Gasteiger charge is -2.35. The van der Waals surface area contributed by atoms with Crippen LogP contribution in [0.2, 0.25) is 0 Å². The fourth-order valence-corrected chi connectivity index (χ4v) is 4.77. The molecule has 3 atom stereocenters. The second-order valence-corrected chi connectivity index (χ2v) is 10.1. The van der Waals surface area contributed by atoms with Gasteiger partial charge in [0.2, 0.25) is 0 Å². The van der Waals surface area contributed by atoms with Crippen molar-refractivity contribution in [1.82, 2.24) is 15.3 Å². The molecular weight excluding hydrogens is 537 g/mol. The summed E-state index contributed by atoms with van der Waals surface area (Å²) in [5.74, 6) is -0.703. The van der Waals surface area contributed by atoms with Crippen LogP contribution in [0.1, 0.15) is 30.8 Å². The summed E-state index contributed by atoms with van der Waals surface area (Å²) in [7, 11) is 0. The van der Waals surface area contributed by atoms with E-state index in [-0.39, 0.29) is 36.1 Å². The van der Waals surface area contributed by atoms with E-state index < -0.39 is 36.6 Å². The lowest BCUT2D eigenvalue weighted by molar-refractivity contribution is -0.201. The van der Waals surface area contributed by atoms with E-state index in [2.05, 4.69) is 15.3 Å². The Hall–Kier alpha value is -3.69. The lowest BCUT2D eigenvalue weighted by Crippen LogP contribution is -2.48. The third-order valence-corrected chi connectivity index (χ3v) is 6.71. The Morgan fingerprint density at radius 3 is 2.83 bits per heavy atom. The second kappa shape index (κ2) is 10.7. The van der Waals surface area contributed by atoms with Crippen molar-refractivity contribution in [2.24, 2.45) is 0 Å². The molecule has 3 aliphatic rings. The number of pyridine rings is 2. The molecule has 216 valence electrons. The van der Waals surface area contributed by atoms with Gasteiger partial charge in [-0.3, -0.25) is 15.0 Å². The third-order valence-electron chi connectivity index (χ3n) is 6.71. The SMILES string of the molecule is CC1(C)OCC(COc2ccnc(NC(=O)N3c4nc(C(=O)NCC(O)C(F)(F)F)ccc4N4CC[C@H]3C4)c2)O1. The largest absolute Gasteiger partial charge is 0.491 e. The molecule has 15 heteroatoms. The summed E-state index contributed by atoms with van der Waals surface area (Å²) >= 11 is 0. The number of alkyl halides is 3. The molecule has 5 heterocycles. The summed E-state index contributed by atoms with van der Waals surface area (Å²) < 4.78 is 54.9. The van der Waals surface area contributed by atoms with E-state index in [1.165, 1.54) is 17.2 Å². The Morgan fingerprint density at radius 2 is 2.10 bits per heavy atom. The zero-order valence-electron chi connectivity index (χ0n) is 21.8. The van der Waals surface area contributed by atoms with Crippen molar-refractivity contribution in [2.75, 3.05) is 48.0 Å². The van der Waals surface area contributed by atoms with E-state index in [9.17, 15) is 27.9 Å². The first kappa shape index (κ1) is 27.9. The highest BCUT2D eigenvalue weighted by atomic mass is 19.4. The standard InChI is InChI=1S/C25H29F3N6O6/c1-24(2)39-13-16(40-24)12-38-15-5-7-29-20(9-15)32-23(37)34-14-6-8-33(11-14)18-4-3-17(31-21(18)34)22(36)30-10-19(35)25(26,27)28/h3-5,7,9,14,16,19,35H,6,8,10-13H2,1-2H3,(H,30,36)(H,29,32,37)/t14-,16?,19?/m0/s1. The van der Waals surface area contributed by atoms with Crippen LogP contribution in [-0.4, -0.2) is 90.1 Å². The van der Waals surface area contributed by atoms with E-state index in [0.29, 0.717) is 37.6 Å². The van der Waals surface area contributed by atoms with Crippen LogP contribution in [0.15, 0.2) is 30.5 Å². The molecular formula is C25H29F3N6O6. The van der Waals surface area contributed by atoms with Crippen LogP contribution in [0.25, 0.3) is 0 Å². The molecule has 5 rings (SSSR count). The molecule has 0 aliphatic carbocycles. The molecule has 12 nitrogen and oxygen atoms in total. The van der Waals surface area contributed by atoms with Gasteiger partial charge in [-0.05, 0) is 38.5 Å². The van der Waals surface area contributed by atoms with Crippen LogP contribution in [0.5, 0.6) is 5.75 Å². The number of fused-ring (bicyclic) bond motifs is 4. The zero-order chi connectivity index (χ0) is 28.7. The van der Waals surface area contributed by atoms with Crippen molar-refractivity contribution in [3.05, 3.63) is 36.2 Å². The van der Waals surface area contributed by atoms with E-state index in [1.807, 2.05) is 24.1 Å². The van der Waals surface area contributed by atoms with Crippen molar-refractivity contribution in [3.8, 4) is 5.75 Å². The predicted octanol–water partition coefficient (Wildman–Crippen LogP) is 2.29. The monoisotopic (exact) mass is 566 g/mol. The molecule has 2 saturated heterocycles. The molecule has 2 fully saturated rings. The number of hydrogen-bond acceptors (Lipinski definition) is 9. The van der Waals surface area contributed by atoms with Gasteiger partial charge in [0.25, 0.3) is 5.91 Å². The van der Waals surface area contributed by atoms with E-state index in [4.69, 9.17) is 14.2 Å². The summed E-state index contributed by atoms with van der Waals surface area (Å²) in [4.78, 5) is 37.9. The van der Waals surface area contributed by atoms with Gasteiger partial charge in [-0.25, -0.2) is 14.8 Å². The molecule has 3 aliphatic heterocycles. The van der Waals surface area contributed by atoms with Crippen molar-refractivity contribution >= 4 is 29.3 Å². The molecule has 0 radical (unpaired) electrons. The number of urea groups is 1. The predicted molar refractivity (Wildman–Crippen MR) is 135 cm³/mol. The summed E-state index contributed by atoms with van der Waals surface area (Å²) in [6.07, 6.45) is -5.69. The number of halogens is 3. The number of carbonyl (C=O) groups is 2. The Labute approximate surface area is 227 Å². The minimum absolute atomic E-state index is 0.191. The minimum atomic E-state index is -4.87. The van der Waals surface area contributed by atoms with Gasteiger partial charge in [0.05, 0.1) is 24.9 Å². The van der Waals surface area contributed by atoms with Gasteiger partial charge >= 0.3 is 12.2 Å². The number of anilines is 3. The molecule has 2 aromatic rings. The first-order chi connectivity index (χ1) is 18.9. The summed E-state index contributed by atoms with van der Waals surface area (Å²) in [5.41, 5.74) is 0.422. The van der Waals surface area contributed by atoms with Gasteiger partial charge in [0.1, 0.15) is 30.0 Å². The number of aromatic nitrogens is 2. The summed E-state index contributed by atoms with van der Waals surface area (Å²) in [6.45, 7) is 4.47. The normalized spacial score (nSPS) is 22.1. The number of ether oxygens (including phenoxy) is 3. The highest BCUT2D eigenvalue weighted by Crippen LogP contribution is 2.39. The number of rotatable bonds is 7. The Balaban J connectivity index is 1.28. The molecule has 40 heavy (non-hydrogen) atoms. The number of aliphatic hydroxyl groups is 1. The van der Waals surface area contributed by atoms with E-state index >= 15 is 0 Å². The van der Waals surface area contributed by atoms with Gasteiger partial charge in [-0.2, -0.15) is 13.2 Å². The first-order valence-electron chi connectivity index (χ1n) is 12.7. The topological polar surface area (TPSA) is 138 Å². The highest BCUT2D eigenvalue weighted by molar-refractivity contribution is 6.05. The number of aliphatic hydroxyl groups excluding tert-OH is 1. The molecule has 2 unspecified atom stereocenters. The van der Waals surface area contributed by atoms with Crippen LogP contribution >= 0.6 is 0 Å². The van der Waals surface area contributed by atoms with Gasteiger partial charge in [0.15, 0.2) is 17.7 Å². The maximum absolute atomic E-state index is 13.5. The minimum Gasteiger partial charge on any atom is -0.491 e. The Morgan fingerprint density at radius 1 is 1.30 bits per heavy atom. The molecule has 0 spiro atoms. The van der Waals surface area contributed by atoms with Gasteiger partial charge < -0.3 is 29.5 Å². The molecule has 0 saturated carbocycles. The fraction of sp³-hybridized carbons (Fsp3) is 0.520. The first-order valence-corrected chi connectivity index (χ1v) is 12.7. The molecule has 2 aromatic heterocycles. The van der Waals surface area contributed by atoms with E-state index in [1.54, 1.807) is 18.2 Å². The molecule has 0 aromatic carbocycles. The summed E-state index contributed by atoms with van der Waals surface area (Å²) in [6, 6.07) is 5.39. The number of nitrogens with zero attached hydrogens (tertiary/aromatic N) is 4. The third kappa shape index (κ3) is 6.05. The van der Waals surface area contributed by atoms with Crippen LogP contribution in [0.4, 0.5) is 35.3 Å². The van der Waals surface area contributed by atoms with Crippen molar-refractivity contribution in [2.45, 2.75) is 50.5 Å². The van der Waals surface area contributed by atoms with Gasteiger partial charge in [-0.1, -0.05) is 0 Å². The lowest BCUT2D eigenvalue weighted by atomic mass is 10.1. The van der Waals surface area contributed by atoms with Gasteiger partial charge in [-0.15, -0.1) is 0 Å². The Bertz CT molecular complexity index is 1280. The van der Waals surface area contributed by atoms with Crippen LogP contribution in [0.3, 0.4) is 0 Å². The number of carbonyl (C=O) groups excluding carboxylic acids is 2. The molecule has 3 N–H and O–H groups in total. The van der Waals surface area contributed by atoms with Crippen molar-refractivity contribution in [3.63, 3.8) is 0 Å². The maximum Gasteiger partial charge on any atom is 0.416 e. The van der Waals surface area contributed by atoms with Crippen molar-refractivity contribution < 1.29 is 42.1 Å². The average molecular weight is 567 g/mol. The number of amides is 3. The van der Waals surface area contributed by atoms with Crippen LogP contribution in [0, 0.1) is 0 Å². The number of nitrogens with one attached hydrogen (secondary N) is 2. The smallest absolute Gasteiger partial charge is 0.416 e. The molecule has 2 bridgehead atoms. The summed E-state index contributed by atoms with van der Waals surface area (Å²) in [5, 5.41) is 14.0. The zero-order valence-corrected chi connectivity index (χ0v) is 21.8. The second-order valence-electron chi connectivity index (χ2n) is 10.1. The average Bonchev–Trinajstić information content (AvgIpc) is 3.48. The van der Waals surface area contributed by atoms with Crippen LogP contribution in [-0.2, 0) is 9.47 Å². The quantitative estimate of drug-likeness (QED) is 0.461. The molecule has 3 amide bonds. The maximum atomic E-state index is 13.5. The van der Waals surface area contributed by atoms with E-state index in [0.717, 1.165) is 0 Å². The Kier molecular flexibility index (Phi) is 7.46.